The molecule has 0 heterocycles. The van der Waals surface area contributed by atoms with E-state index in [0.29, 0.717) is 23.5 Å². The van der Waals surface area contributed by atoms with Gasteiger partial charge in [-0.1, -0.05) is 39.8 Å². The molecule has 0 amide bonds. The van der Waals surface area contributed by atoms with Crippen LogP contribution < -0.4 is 0 Å². The van der Waals surface area contributed by atoms with E-state index >= 15 is 0 Å². The van der Waals surface area contributed by atoms with Gasteiger partial charge in [0.05, 0.1) is 0 Å². The third kappa shape index (κ3) is 1.89. The Morgan fingerprint density at radius 3 is 2.42 bits per heavy atom. The van der Waals surface area contributed by atoms with E-state index < -0.39 is 0 Å². The first kappa shape index (κ1) is 16.3. The van der Waals surface area contributed by atoms with Crippen LogP contribution in [0.2, 0.25) is 0 Å². The fourth-order valence-corrected chi connectivity index (χ4v) is 6.96. The van der Waals surface area contributed by atoms with Gasteiger partial charge >= 0.3 is 0 Å². The summed E-state index contributed by atoms with van der Waals surface area (Å²) in [6.45, 7) is 13.1. The van der Waals surface area contributed by atoms with Crippen LogP contribution in [0.25, 0.3) is 0 Å². The molecule has 0 aromatic carbocycles. The predicted octanol–water partition coefficient (Wildman–Crippen LogP) is 4.89. The third-order valence-electron chi connectivity index (χ3n) is 8.19. The molecule has 0 N–H and O–H groups in total. The first-order valence-electron chi connectivity index (χ1n) is 9.58. The molecular formula is C22H30O2. The van der Waals surface area contributed by atoms with Crippen molar-refractivity contribution in [2.24, 2.45) is 34.0 Å². The first-order valence-corrected chi connectivity index (χ1v) is 9.58. The second-order valence-electron chi connectivity index (χ2n) is 10.0. The van der Waals surface area contributed by atoms with E-state index in [1.165, 1.54) is 5.57 Å². The van der Waals surface area contributed by atoms with Gasteiger partial charge in [0.2, 0.25) is 0 Å². The summed E-state index contributed by atoms with van der Waals surface area (Å²) < 4.78 is 0. The Morgan fingerprint density at radius 1 is 1.04 bits per heavy atom. The van der Waals surface area contributed by atoms with Crippen LogP contribution in [0.5, 0.6) is 0 Å². The number of hydrogen-bond acceptors (Lipinski definition) is 2. The van der Waals surface area contributed by atoms with Crippen LogP contribution in [-0.2, 0) is 9.59 Å². The second-order valence-corrected chi connectivity index (χ2v) is 10.0. The van der Waals surface area contributed by atoms with E-state index in [9.17, 15) is 9.59 Å². The van der Waals surface area contributed by atoms with Gasteiger partial charge in [0.15, 0.2) is 5.78 Å². The van der Waals surface area contributed by atoms with Crippen molar-refractivity contribution in [2.75, 3.05) is 0 Å². The monoisotopic (exact) mass is 326 g/mol. The second kappa shape index (κ2) is 4.71. The number of carbonyl (C=O) groups excluding carboxylic acids is 2. The molecule has 4 aliphatic carbocycles. The lowest BCUT2D eigenvalue weighted by Gasteiger charge is -2.59. The minimum atomic E-state index is -0.285. The molecule has 5 atom stereocenters. The summed E-state index contributed by atoms with van der Waals surface area (Å²) in [6, 6.07) is 0. The average Bonchev–Trinajstić information content (AvgIpc) is 2.78. The molecular weight excluding hydrogens is 296 g/mol. The molecule has 0 unspecified atom stereocenters. The Balaban J connectivity index is 1.79. The van der Waals surface area contributed by atoms with Gasteiger partial charge in [-0.2, -0.15) is 0 Å². The molecule has 3 saturated carbocycles. The minimum Gasteiger partial charge on any atom is -0.299 e. The van der Waals surface area contributed by atoms with Gasteiger partial charge in [0, 0.05) is 17.3 Å². The van der Waals surface area contributed by atoms with Gasteiger partial charge in [-0.05, 0) is 66.9 Å². The van der Waals surface area contributed by atoms with Gasteiger partial charge in [0.25, 0.3) is 0 Å². The molecule has 0 bridgehead atoms. The van der Waals surface area contributed by atoms with Crippen LogP contribution in [0, 0.1) is 34.0 Å². The van der Waals surface area contributed by atoms with Crippen LogP contribution >= 0.6 is 0 Å². The van der Waals surface area contributed by atoms with E-state index in [2.05, 4.69) is 34.3 Å². The molecule has 2 heteroatoms. The fraction of sp³-hybridized carbons (Fsp3) is 0.727. The molecule has 24 heavy (non-hydrogen) atoms. The lowest BCUT2D eigenvalue weighted by Crippen LogP contribution is -2.53. The summed E-state index contributed by atoms with van der Waals surface area (Å²) in [5, 5.41) is 0. The van der Waals surface area contributed by atoms with Crippen molar-refractivity contribution in [1.29, 1.82) is 0 Å². The van der Waals surface area contributed by atoms with Crippen molar-refractivity contribution >= 4 is 11.6 Å². The largest absolute Gasteiger partial charge is 0.299 e. The highest BCUT2D eigenvalue weighted by atomic mass is 16.1. The Morgan fingerprint density at radius 2 is 1.71 bits per heavy atom. The SMILES string of the molecule is C=C1C[C@@H]2[C@H](CC[C@]3(C)C(=O)CC[C@@H]23)[C@@]2(C)CC(C)(C)C(=O)C=C12. The summed E-state index contributed by atoms with van der Waals surface area (Å²) in [6.07, 6.45) is 7.78. The zero-order valence-electron chi connectivity index (χ0n) is 15.6. The van der Waals surface area contributed by atoms with Crippen molar-refractivity contribution in [1.82, 2.24) is 0 Å². The lowest BCUT2D eigenvalue weighted by molar-refractivity contribution is -0.133. The number of fused-ring (bicyclic) bond motifs is 5. The molecule has 3 fully saturated rings. The zero-order chi connectivity index (χ0) is 17.5. The van der Waals surface area contributed by atoms with Crippen LogP contribution in [0.1, 0.15) is 66.2 Å². The van der Waals surface area contributed by atoms with Gasteiger partial charge < -0.3 is 0 Å². The highest BCUT2D eigenvalue weighted by Crippen LogP contribution is 2.66. The summed E-state index contributed by atoms with van der Waals surface area (Å²) in [4.78, 5) is 25.0. The van der Waals surface area contributed by atoms with E-state index in [1.807, 2.05) is 6.08 Å². The Labute approximate surface area is 145 Å². The summed E-state index contributed by atoms with van der Waals surface area (Å²) in [5.41, 5.74) is 2.04. The quantitative estimate of drug-likeness (QED) is 0.635. The molecule has 0 aromatic rings. The number of Topliss-reactive ketones (excluding diaryl/α,β-unsaturated/α-hetero) is 1. The fourth-order valence-electron chi connectivity index (χ4n) is 6.96. The highest BCUT2D eigenvalue weighted by Gasteiger charge is 2.61. The molecule has 0 aromatic heterocycles. The van der Waals surface area contributed by atoms with Crippen LogP contribution in [0.15, 0.2) is 23.8 Å². The number of ketones is 2. The third-order valence-corrected chi connectivity index (χ3v) is 8.19. The van der Waals surface area contributed by atoms with Crippen LogP contribution in [0.4, 0.5) is 0 Å². The predicted molar refractivity (Wildman–Crippen MR) is 95.4 cm³/mol. The maximum Gasteiger partial charge on any atom is 0.161 e. The molecule has 0 radical (unpaired) electrons. The van der Waals surface area contributed by atoms with Crippen LogP contribution in [-0.4, -0.2) is 11.6 Å². The van der Waals surface area contributed by atoms with Gasteiger partial charge in [-0.25, -0.2) is 0 Å². The van der Waals surface area contributed by atoms with Gasteiger partial charge in [-0.15, -0.1) is 0 Å². The van der Waals surface area contributed by atoms with E-state index in [0.717, 1.165) is 44.1 Å². The standard InChI is InChI=1S/C22H30O2/c1-13-10-14-15-6-7-18(23)21(15,4)9-8-16(14)22(5)12-20(2,3)19(24)11-17(13)22/h11,14-16H,1,6-10,12H2,2-5H3/t14-,15-,16-,21-,22+/m0/s1. The molecule has 4 aliphatic rings. The molecule has 2 nitrogen and oxygen atoms in total. The number of carbonyl (C=O) groups is 2. The summed E-state index contributed by atoms with van der Waals surface area (Å²) >= 11 is 0. The first-order chi connectivity index (χ1) is 11.1. The Kier molecular flexibility index (Phi) is 3.20. The summed E-state index contributed by atoms with van der Waals surface area (Å²) in [7, 11) is 0. The topological polar surface area (TPSA) is 34.1 Å². The number of rotatable bonds is 0. The van der Waals surface area contributed by atoms with Crippen molar-refractivity contribution in [2.45, 2.75) is 66.2 Å². The molecule has 0 saturated heterocycles. The smallest absolute Gasteiger partial charge is 0.161 e. The van der Waals surface area contributed by atoms with E-state index in [-0.39, 0.29) is 22.0 Å². The van der Waals surface area contributed by atoms with Gasteiger partial charge in [0.1, 0.15) is 5.78 Å². The normalized spacial score (nSPS) is 46.9. The average molecular weight is 326 g/mol. The minimum absolute atomic E-state index is 0.0460. The molecule has 130 valence electrons. The number of allylic oxidation sites excluding steroid dienone is 2. The Bertz CT molecular complexity index is 682. The van der Waals surface area contributed by atoms with Crippen molar-refractivity contribution in [3.05, 3.63) is 23.8 Å². The van der Waals surface area contributed by atoms with E-state index in [4.69, 9.17) is 0 Å². The maximum absolute atomic E-state index is 12.5. The Hall–Kier alpha value is -1.18. The van der Waals surface area contributed by atoms with Crippen molar-refractivity contribution in [3.8, 4) is 0 Å². The highest BCUT2D eigenvalue weighted by molar-refractivity contribution is 5.97. The summed E-state index contributed by atoms with van der Waals surface area (Å²) in [5.74, 6) is 2.41. The van der Waals surface area contributed by atoms with Crippen molar-refractivity contribution in [3.63, 3.8) is 0 Å². The molecule has 0 aliphatic heterocycles. The maximum atomic E-state index is 12.5. The van der Waals surface area contributed by atoms with Crippen LogP contribution in [0.3, 0.4) is 0 Å². The van der Waals surface area contributed by atoms with E-state index in [1.54, 1.807) is 0 Å². The number of hydrogen-bond donors (Lipinski definition) is 0. The molecule has 0 spiro atoms. The zero-order valence-corrected chi connectivity index (χ0v) is 15.6. The van der Waals surface area contributed by atoms with Gasteiger partial charge in [-0.3, -0.25) is 9.59 Å². The molecule has 4 rings (SSSR count). The van der Waals surface area contributed by atoms with Crippen molar-refractivity contribution < 1.29 is 9.59 Å². The lowest BCUT2D eigenvalue weighted by atomic mass is 9.45.